The van der Waals surface area contributed by atoms with Crippen LogP contribution in [0.1, 0.15) is 48.5 Å². The summed E-state index contributed by atoms with van der Waals surface area (Å²) in [6.45, 7) is 2.05. The van der Waals surface area contributed by atoms with Crippen molar-refractivity contribution in [2.24, 2.45) is 11.7 Å². The van der Waals surface area contributed by atoms with E-state index in [0.29, 0.717) is 31.2 Å². The number of nitrogens with two attached hydrogens (primary N) is 1. The van der Waals surface area contributed by atoms with Gasteiger partial charge in [-0.3, -0.25) is 4.79 Å². The van der Waals surface area contributed by atoms with E-state index in [9.17, 15) is 19.1 Å². The summed E-state index contributed by atoms with van der Waals surface area (Å²) < 4.78 is 16.5. The molecule has 3 heterocycles. The molecule has 1 aliphatic heterocycles. The Morgan fingerprint density at radius 3 is 2.59 bits per heavy atom. The number of carboxylic acid groups (broad SMARTS) is 1. The number of anilines is 1. The van der Waals surface area contributed by atoms with Crippen LogP contribution in [0, 0.1) is 11.7 Å². The lowest BCUT2D eigenvalue weighted by Gasteiger charge is -2.33. The molecular weight excluding hydrogens is 351 g/mol. The van der Waals surface area contributed by atoms with Crippen molar-refractivity contribution in [3.05, 3.63) is 33.9 Å². The third-order valence-corrected chi connectivity index (χ3v) is 5.60. The van der Waals surface area contributed by atoms with E-state index in [1.54, 1.807) is 4.57 Å². The van der Waals surface area contributed by atoms with Gasteiger partial charge in [-0.15, -0.1) is 0 Å². The van der Waals surface area contributed by atoms with Crippen LogP contribution in [-0.2, 0) is 0 Å². The van der Waals surface area contributed by atoms with Crippen LogP contribution in [0.15, 0.2) is 17.1 Å². The Morgan fingerprint density at radius 2 is 2.00 bits per heavy atom. The molecule has 1 saturated heterocycles. The van der Waals surface area contributed by atoms with Crippen LogP contribution in [0.25, 0.3) is 11.0 Å². The van der Waals surface area contributed by atoms with E-state index in [1.165, 1.54) is 6.20 Å². The van der Waals surface area contributed by atoms with Crippen molar-refractivity contribution in [3.8, 4) is 0 Å². The molecule has 1 aliphatic carbocycles. The summed E-state index contributed by atoms with van der Waals surface area (Å²) in [5.74, 6) is -1.09. The third-order valence-electron chi connectivity index (χ3n) is 5.60. The number of carboxylic acids is 1. The number of pyridine rings is 2. The van der Waals surface area contributed by atoms with Gasteiger partial charge in [0.15, 0.2) is 11.6 Å². The first-order valence-electron chi connectivity index (χ1n) is 9.43. The molecule has 2 aromatic heterocycles. The summed E-state index contributed by atoms with van der Waals surface area (Å²) in [6, 6.07) is 1.27. The van der Waals surface area contributed by atoms with Gasteiger partial charge in [0.2, 0.25) is 5.43 Å². The van der Waals surface area contributed by atoms with Crippen molar-refractivity contribution < 1.29 is 14.3 Å². The molecule has 0 amide bonds. The zero-order valence-electron chi connectivity index (χ0n) is 15.0. The second kappa shape index (κ2) is 6.92. The molecule has 2 aromatic rings. The molecule has 0 unspecified atom stereocenters. The Hall–Kier alpha value is -2.48. The van der Waals surface area contributed by atoms with Crippen LogP contribution in [0.5, 0.6) is 0 Å². The number of aromatic carboxylic acids is 1. The Labute approximate surface area is 155 Å². The zero-order valence-corrected chi connectivity index (χ0v) is 15.0. The number of aromatic nitrogens is 2. The summed E-state index contributed by atoms with van der Waals surface area (Å²) in [7, 11) is 0. The Morgan fingerprint density at radius 1 is 1.30 bits per heavy atom. The lowest BCUT2D eigenvalue weighted by atomic mass is 9.93. The average molecular weight is 374 g/mol. The summed E-state index contributed by atoms with van der Waals surface area (Å²) in [6.07, 6.45) is 5.99. The molecule has 0 radical (unpaired) electrons. The second-order valence-electron chi connectivity index (χ2n) is 7.49. The van der Waals surface area contributed by atoms with Crippen molar-refractivity contribution in [1.82, 2.24) is 9.55 Å². The van der Waals surface area contributed by atoms with Crippen LogP contribution < -0.4 is 16.1 Å². The molecule has 8 heteroatoms. The highest BCUT2D eigenvalue weighted by Crippen LogP contribution is 2.37. The van der Waals surface area contributed by atoms with Gasteiger partial charge in [0.25, 0.3) is 0 Å². The number of hydrogen-bond donors (Lipinski definition) is 2. The lowest BCUT2D eigenvalue weighted by molar-refractivity contribution is 0.0695. The molecule has 0 aromatic carbocycles. The molecule has 0 spiro atoms. The number of halogens is 1. The fraction of sp³-hybridized carbons (Fsp3) is 0.526. The lowest BCUT2D eigenvalue weighted by Crippen LogP contribution is -2.35. The molecule has 27 heavy (non-hydrogen) atoms. The zero-order chi connectivity index (χ0) is 19.1. The largest absolute Gasteiger partial charge is 0.477 e. The van der Waals surface area contributed by atoms with Gasteiger partial charge in [-0.25, -0.2) is 14.2 Å². The van der Waals surface area contributed by atoms with Crippen molar-refractivity contribution in [3.63, 3.8) is 0 Å². The minimum absolute atomic E-state index is 0.0288. The van der Waals surface area contributed by atoms with Crippen LogP contribution in [0.4, 0.5) is 10.2 Å². The monoisotopic (exact) mass is 374 g/mol. The summed E-state index contributed by atoms with van der Waals surface area (Å²) in [5.41, 5.74) is 4.97. The Balaban J connectivity index is 1.77. The number of piperidine rings is 1. The van der Waals surface area contributed by atoms with Gasteiger partial charge in [-0.05, 0) is 50.6 Å². The minimum Gasteiger partial charge on any atom is -0.477 e. The Bertz CT molecular complexity index is 946. The molecule has 0 atom stereocenters. The van der Waals surface area contributed by atoms with Crippen LogP contribution >= 0.6 is 0 Å². The van der Waals surface area contributed by atoms with Gasteiger partial charge in [0.05, 0.1) is 5.39 Å². The maximum atomic E-state index is 14.8. The summed E-state index contributed by atoms with van der Waals surface area (Å²) >= 11 is 0. The SMILES string of the molecule is NCCC1CCN(c2nc3c(cc2F)c(=O)c(C(=O)O)cn3C2CC2)CC1. The van der Waals surface area contributed by atoms with Crippen LogP contribution in [0.3, 0.4) is 0 Å². The average Bonchev–Trinajstić information content (AvgIpc) is 3.48. The van der Waals surface area contributed by atoms with Gasteiger partial charge in [-0.2, -0.15) is 0 Å². The number of fused-ring (bicyclic) bond motifs is 1. The molecule has 0 bridgehead atoms. The predicted octanol–water partition coefficient (Wildman–Crippen LogP) is 2.13. The third kappa shape index (κ3) is 3.29. The smallest absolute Gasteiger partial charge is 0.341 e. The first kappa shape index (κ1) is 17.9. The van der Waals surface area contributed by atoms with Gasteiger partial charge >= 0.3 is 5.97 Å². The number of nitrogens with zero attached hydrogens (tertiary/aromatic N) is 3. The van der Waals surface area contributed by atoms with Gasteiger partial charge in [0, 0.05) is 25.3 Å². The number of hydrogen-bond acceptors (Lipinski definition) is 5. The summed E-state index contributed by atoms with van der Waals surface area (Å²) in [5, 5.41) is 9.33. The standard InChI is InChI=1S/C19H23FN4O3/c20-15-9-13-16(25)14(19(26)27)10-24(12-1-2-12)17(13)22-18(15)23-7-4-11(3-6-21)5-8-23/h9-12H,1-8,21H2,(H,26,27). The molecule has 144 valence electrons. The van der Waals surface area contributed by atoms with E-state index in [2.05, 4.69) is 4.98 Å². The van der Waals surface area contributed by atoms with Crippen molar-refractivity contribution in [2.75, 3.05) is 24.5 Å². The van der Waals surface area contributed by atoms with E-state index in [0.717, 1.165) is 38.2 Å². The van der Waals surface area contributed by atoms with E-state index < -0.39 is 17.2 Å². The minimum atomic E-state index is -1.30. The topological polar surface area (TPSA) is 101 Å². The van der Waals surface area contributed by atoms with Crippen molar-refractivity contribution >= 4 is 22.8 Å². The molecule has 4 rings (SSSR count). The van der Waals surface area contributed by atoms with Crippen LogP contribution in [0.2, 0.25) is 0 Å². The fourth-order valence-corrected chi connectivity index (χ4v) is 3.91. The van der Waals surface area contributed by atoms with Gasteiger partial charge in [-0.1, -0.05) is 0 Å². The van der Waals surface area contributed by atoms with E-state index >= 15 is 0 Å². The number of rotatable bonds is 5. The second-order valence-corrected chi connectivity index (χ2v) is 7.49. The van der Waals surface area contributed by atoms with E-state index in [-0.39, 0.29) is 22.8 Å². The normalized spacial score (nSPS) is 18.2. The van der Waals surface area contributed by atoms with Crippen LogP contribution in [-0.4, -0.2) is 40.3 Å². The highest BCUT2D eigenvalue weighted by atomic mass is 19.1. The van der Waals surface area contributed by atoms with E-state index in [1.807, 2.05) is 4.90 Å². The highest BCUT2D eigenvalue weighted by Gasteiger charge is 2.29. The van der Waals surface area contributed by atoms with Gasteiger partial charge in [0.1, 0.15) is 11.2 Å². The first-order valence-corrected chi connectivity index (χ1v) is 9.43. The number of carbonyl (C=O) groups is 1. The molecule has 7 nitrogen and oxygen atoms in total. The molecule has 1 saturated carbocycles. The first-order chi connectivity index (χ1) is 13.0. The Kier molecular flexibility index (Phi) is 4.59. The highest BCUT2D eigenvalue weighted by molar-refractivity contribution is 5.92. The fourth-order valence-electron chi connectivity index (χ4n) is 3.91. The molecule has 2 aliphatic rings. The van der Waals surface area contributed by atoms with Gasteiger partial charge < -0.3 is 20.3 Å². The van der Waals surface area contributed by atoms with E-state index in [4.69, 9.17) is 5.73 Å². The van der Waals surface area contributed by atoms with Crippen molar-refractivity contribution in [2.45, 2.75) is 38.1 Å². The maximum Gasteiger partial charge on any atom is 0.341 e. The molecule has 2 fully saturated rings. The quantitative estimate of drug-likeness (QED) is 0.831. The maximum absolute atomic E-state index is 14.8. The predicted molar refractivity (Wildman–Crippen MR) is 99.8 cm³/mol. The molecular formula is C19H23FN4O3. The summed E-state index contributed by atoms with van der Waals surface area (Å²) in [4.78, 5) is 30.3. The van der Waals surface area contributed by atoms with Crippen molar-refractivity contribution in [1.29, 1.82) is 0 Å². The molecule has 3 N–H and O–H groups in total.